The van der Waals surface area contributed by atoms with Crippen LogP contribution < -0.4 is 5.32 Å². The topological polar surface area (TPSA) is 24.4 Å². The molecule has 1 aliphatic rings. The Kier molecular flexibility index (Phi) is 2.30. The van der Waals surface area contributed by atoms with Gasteiger partial charge in [0.05, 0.1) is 6.54 Å². The van der Waals surface area contributed by atoms with E-state index < -0.39 is 0 Å². The maximum atomic E-state index is 4.36. The van der Waals surface area contributed by atoms with Gasteiger partial charge in [-0.2, -0.15) is 0 Å². The van der Waals surface area contributed by atoms with Crippen molar-refractivity contribution in [3.63, 3.8) is 0 Å². The molecule has 0 spiro atoms. The summed E-state index contributed by atoms with van der Waals surface area (Å²) < 4.78 is 0. The third kappa shape index (κ3) is 2.08. The van der Waals surface area contributed by atoms with Gasteiger partial charge in [0.2, 0.25) is 0 Å². The Balaban J connectivity index is 2.05. The van der Waals surface area contributed by atoms with Gasteiger partial charge in [-0.15, -0.1) is 0 Å². The summed E-state index contributed by atoms with van der Waals surface area (Å²) in [6.45, 7) is 4.04. The van der Waals surface area contributed by atoms with Crippen LogP contribution in [0.25, 0.3) is 0 Å². The Morgan fingerprint density at radius 3 is 2.69 bits per heavy atom. The summed E-state index contributed by atoms with van der Waals surface area (Å²) in [7, 11) is 0. The number of rotatable bonds is 2. The van der Waals surface area contributed by atoms with Crippen LogP contribution in [0.2, 0.25) is 0 Å². The van der Waals surface area contributed by atoms with Crippen LogP contribution in [0.3, 0.4) is 0 Å². The lowest BCUT2D eigenvalue weighted by Crippen LogP contribution is -2.20. The highest BCUT2D eigenvalue weighted by atomic mass is 15.1. The number of hydrogen-bond donors (Lipinski definition) is 1. The lowest BCUT2D eigenvalue weighted by molar-refractivity contribution is 0.953. The van der Waals surface area contributed by atoms with E-state index in [9.17, 15) is 0 Å². The Morgan fingerprint density at radius 2 is 2.08 bits per heavy atom. The number of nitrogens with one attached hydrogen (secondary N) is 1. The summed E-state index contributed by atoms with van der Waals surface area (Å²) >= 11 is 0. The van der Waals surface area contributed by atoms with Crippen LogP contribution in [0.1, 0.15) is 11.1 Å². The standard InChI is InChI=1S/C11H14N2/c1-9-2-4-10(5-3-9)8-11-12-6-7-13-11/h2-5H,6-8H2,1H3,(H,12,13). The van der Waals surface area contributed by atoms with E-state index >= 15 is 0 Å². The molecule has 2 rings (SSSR count). The predicted octanol–water partition coefficient (Wildman–Crippen LogP) is 1.54. The van der Waals surface area contributed by atoms with Crippen LogP contribution in [0.5, 0.6) is 0 Å². The van der Waals surface area contributed by atoms with Gasteiger partial charge in [0, 0.05) is 13.0 Å². The number of aliphatic imine (C=N–C) groups is 1. The van der Waals surface area contributed by atoms with E-state index in [0.29, 0.717) is 0 Å². The van der Waals surface area contributed by atoms with Gasteiger partial charge in [0.25, 0.3) is 0 Å². The second-order valence-corrected chi connectivity index (χ2v) is 3.42. The van der Waals surface area contributed by atoms with Crippen molar-refractivity contribution in [2.24, 2.45) is 4.99 Å². The Morgan fingerprint density at radius 1 is 1.31 bits per heavy atom. The molecule has 1 heterocycles. The molecule has 0 aromatic heterocycles. The van der Waals surface area contributed by atoms with Gasteiger partial charge < -0.3 is 5.32 Å². The summed E-state index contributed by atoms with van der Waals surface area (Å²) in [6.07, 6.45) is 0.945. The number of hydrogen-bond acceptors (Lipinski definition) is 2. The van der Waals surface area contributed by atoms with E-state index in [-0.39, 0.29) is 0 Å². The second-order valence-electron chi connectivity index (χ2n) is 3.42. The minimum atomic E-state index is 0.932. The quantitative estimate of drug-likeness (QED) is 0.722. The molecule has 0 saturated carbocycles. The van der Waals surface area contributed by atoms with Crippen molar-refractivity contribution in [1.82, 2.24) is 5.32 Å². The first kappa shape index (κ1) is 8.30. The molecule has 1 N–H and O–H groups in total. The van der Waals surface area contributed by atoms with Crippen molar-refractivity contribution < 1.29 is 0 Å². The van der Waals surface area contributed by atoms with Crippen molar-refractivity contribution in [3.8, 4) is 0 Å². The minimum absolute atomic E-state index is 0.932. The van der Waals surface area contributed by atoms with Crippen molar-refractivity contribution in [2.75, 3.05) is 13.1 Å². The third-order valence-electron chi connectivity index (χ3n) is 2.24. The fourth-order valence-corrected chi connectivity index (χ4v) is 1.46. The molecule has 68 valence electrons. The van der Waals surface area contributed by atoms with E-state index in [0.717, 1.165) is 25.3 Å². The molecule has 0 amide bonds. The highest BCUT2D eigenvalue weighted by Crippen LogP contribution is 2.05. The zero-order chi connectivity index (χ0) is 9.10. The van der Waals surface area contributed by atoms with Crippen molar-refractivity contribution in [1.29, 1.82) is 0 Å². The molecule has 0 atom stereocenters. The molecule has 0 saturated heterocycles. The van der Waals surface area contributed by atoms with E-state index in [1.807, 2.05) is 0 Å². The minimum Gasteiger partial charge on any atom is -0.372 e. The summed E-state index contributed by atoms with van der Waals surface area (Å²) in [5, 5.41) is 3.27. The van der Waals surface area contributed by atoms with Gasteiger partial charge in [-0.3, -0.25) is 4.99 Å². The second kappa shape index (κ2) is 3.60. The average Bonchev–Trinajstić information content (AvgIpc) is 2.62. The van der Waals surface area contributed by atoms with Crippen molar-refractivity contribution in [3.05, 3.63) is 35.4 Å². The number of benzene rings is 1. The summed E-state index contributed by atoms with van der Waals surface area (Å²) in [6, 6.07) is 8.62. The first-order valence-corrected chi connectivity index (χ1v) is 4.67. The Labute approximate surface area is 78.7 Å². The lowest BCUT2D eigenvalue weighted by atomic mass is 10.1. The molecule has 0 bridgehead atoms. The summed E-state index contributed by atoms with van der Waals surface area (Å²) in [5.41, 5.74) is 2.64. The molecule has 1 aromatic carbocycles. The highest BCUT2D eigenvalue weighted by molar-refractivity contribution is 5.85. The van der Waals surface area contributed by atoms with Crippen LogP contribution in [-0.4, -0.2) is 18.9 Å². The predicted molar refractivity (Wildman–Crippen MR) is 55.2 cm³/mol. The average molecular weight is 174 g/mol. The van der Waals surface area contributed by atoms with E-state index in [1.165, 1.54) is 11.1 Å². The molecule has 0 unspecified atom stereocenters. The molecule has 0 fully saturated rings. The first-order chi connectivity index (χ1) is 6.34. The van der Waals surface area contributed by atoms with E-state index in [2.05, 4.69) is 41.5 Å². The van der Waals surface area contributed by atoms with Gasteiger partial charge in [-0.25, -0.2) is 0 Å². The van der Waals surface area contributed by atoms with Crippen LogP contribution in [-0.2, 0) is 6.42 Å². The fraction of sp³-hybridized carbons (Fsp3) is 0.364. The Bertz CT molecular complexity index is 311. The molecule has 0 radical (unpaired) electrons. The molecule has 1 aliphatic heterocycles. The molecule has 0 aliphatic carbocycles. The molecule has 13 heavy (non-hydrogen) atoms. The van der Waals surface area contributed by atoms with Crippen LogP contribution in [0.15, 0.2) is 29.3 Å². The maximum absolute atomic E-state index is 4.36. The molecule has 2 nitrogen and oxygen atoms in total. The van der Waals surface area contributed by atoms with E-state index in [1.54, 1.807) is 0 Å². The molecular formula is C11H14N2. The zero-order valence-corrected chi connectivity index (χ0v) is 7.88. The van der Waals surface area contributed by atoms with Crippen LogP contribution in [0.4, 0.5) is 0 Å². The molecule has 2 heteroatoms. The Hall–Kier alpha value is -1.31. The van der Waals surface area contributed by atoms with Gasteiger partial charge in [0.15, 0.2) is 0 Å². The van der Waals surface area contributed by atoms with Crippen LogP contribution in [0, 0.1) is 6.92 Å². The molecule has 1 aromatic rings. The fourth-order valence-electron chi connectivity index (χ4n) is 1.46. The highest BCUT2D eigenvalue weighted by Gasteiger charge is 2.04. The maximum Gasteiger partial charge on any atom is 0.101 e. The third-order valence-corrected chi connectivity index (χ3v) is 2.24. The van der Waals surface area contributed by atoms with E-state index in [4.69, 9.17) is 0 Å². The number of amidine groups is 1. The number of aryl methyl sites for hydroxylation is 1. The molecular weight excluding hydrogens is 160 g/mol. The lowest BCUT2D eigenvalue weighted by Gasteiger charge is -2.02. The van der Waals surface area contributed by atoms with Gasteiger partial charge in [-0.1, -0.05) is 29.8 Å². The van der Waals surface area contributed by atoms with Gasteiger partial charge in [-0.05, 0) is 12.5 Å². The van der Waals surface area contributed by atoms with Gasteiger partial charge >= 0.3 is 0 Å². The zero-order valence-electron chi connectivity index (χ0n) is 7.88. The van der Waals surface area contributed by atoms with Crippen molar-refractivity contribution in [2.45, 2.75) is 13.3 Å². The van der Waals surface area contributed by atoms with Crippen molar-refractivity contribution >= 4 is 5.84 Å². The smallest absolute Gasteiger partial charge is 0.101 e. The monoisotopic (exact) mass is 174 g/mol. The normalized spacial score (nSPS) is 15.3. The first-order valence-electron chi connectivity index (χ1n) is 4.67. The SMILES string of the molecule is Cc1ccc(CC2=NCCN2)cc1. The number of nitrogens with zero attached hydrogens (tertiary/aromatic N) is 1. The van der Waals surface area contributed by atoms with Gasteiger partial charge in [0.1, 0.15) is 5.84 Å². The summed E-state index contributed by atoms with van der Waals surface area (Å²) in [4.78, 5) is 4.36. The largest absolute Gasteiger partial charge is 0.372 e. The van der Waals surface area contributed by atoms with Crippen LogP contribution >= 0.6 is 0 Å². The summed E-state index contributed by atoms with van der Waals surface area (Å²) in [5.74, 6) is 1.13.